The highest BCUT2D eigenvalue weighted by Gasteiger charge is 2.18. The van der Waals surface area contributed by atoms with E-state index in [9.17, 15) is 9.59 Å². The van der Waals surface area contributed by atoms with Gasteiger partial charge in [-0.1, -0.05) is 18.2 Å². The van der Waals surface area contributed by atoms with E-state index in [1.807, 2.05) is 24.3 Å². The molecule has 2 aromatic carbocycles. The minimum Gasteiger partial charge on any atom is -0.497 e. The monoisotopic (exact) mass is 398 g/mol. The van der Waals surface area contributed by atoms with Gasteiger partial charge in [0.2, 0.25) is 0 Å². The number of ether oxygens (including phenoxy) is 2. The van der Waals surface area contributed by atoms with Gasteiger partial charge in [0.1, 0.15) is 5.75 Å². The van der Waals surface area contributed by atoms with Crippen molar-refractivity contribution < 1.29 is 19.1 Å². The van der Waals surface area contributed by atoms with Crippen LogP contribution in [0.25, 0.3) is 10.2 Å². The van der Waals surface area contributed by atoms with Crippen LogP contribution in [-0.4, -0.2) is 30.1 Å². The van der Waals surface area contributed by atoms with Gasteiger partial charge in [0.05, 0.1) is 22.3 Å². The molecule has 1 N–H and O–H groups in total. The summed E-state index contributed by atoms with van der Waals surface area (Å²) in [6.45, 7) is 1.56. The molecule has 1 heterocycles. The number of carbonyl (C=O) groups excluding carboxylic acids is 2. The van der Waals surface area contributed by atoms with Gasteiger partial charge in [-0.3, -0.25) is 9.59 Å². The Hall–Kier alpha value is -2.93. The Kier molecular flexibility index (Phi) is 6.60. The average Bonchev–Trinajstić information content (AvgIpc) is 3.10. The van der Waals surface area contributed by atoms with Crippen LogP contribution in [0.5, 0.6) is 5.75 Å². The number of benzene rings is 2. The van der Waals surface area contributed by atoms with Gasteiger partial charge in [-0.25, -0.2) is 4.98 Å². The number of carbonyl (C=O) groups is 2. The Labute approximate surface area is 167 Å². The summed E-state index contributed by atoms with van der Waals surface area (Å²) in [4.78, 5) is 28.8. The van der Waals surface area contributed by atoms with E-state index in [0.717, 1.165) is 15.2 Å². The first-order chi connectivity index (χ1) is 13.5. The first kappa shape index (κ1) is 19.8. The third-order valence-electron chi connectivity index (χ3n) is 4.12. The molecule has 0 spiro atoms. The summed E-state index contributed by atoms with van der Waals surface area (Å²) < 4.78 is 11.5. The molecule has 0 fully saturated rings. The van der Waals surface area contributed by atoms with Crippen molar-refractivity contribution in [1.82, 2.24) is 4.98 Å². The molecule has 146 valence electrons. The normalized spacial score (nSPS) is 11.8. The van der Waals surface area contributed by atoms with Gasteiger partial charge >= 0.3 is 5.97 Å². The molecule has 3 aromatic rings. The number of nitrogens with zero attached hydrogens (tertiary/aromatic N) is 1. The van der Waals surface area contributed by atoms with Crippen molar-refractivity contribution in [3.05, 3.63) is 53.5 Å². The first-order valence-electron chi connectivity index (χ1n) is 9.04. The van der Waals surface area contributed by atoms with Crippen molar-refractivity contribution in [2.45, 2.75) is 32.3 Å². The topological polar surface area (TPSA) is 77.5 Å². The number of amides is 1. The quantitative estimate of drug-likeness (QED) is 0.576. The number of anilines is 1. The molecule has 28 heavy (non-hydrogen) atoms. The van der Waals surface area contributed by atoms with E-state index in [-0.39, 0.29) is 12.3 Å². The maximum Gasteiger partial charge on any atom is 0.306 e. The predicted molar refractivity (Wildman–Crippen MR) is 110 cm³/mol. The maximum absolute atomic E-state index is 12.2. The Morgan fingerprint density at radius 1 is 1.18 bits per heavy atom. The molecule has 1 aromatic heterocycles. The predicted octanol–water partition coefficient (Wildman–Crippen LogP) is 4.20. The van der Waals surface area contributed by atoms with Crippen molar-refractivity contribution in [2.24, 2.45) is 0 Å². The van der Waals surface area contributed by atoms with Crippen molar-refractivity contribution in [3.8, 4) is 5.75 Å². The lowest BCUT2D eigenvalue weighted by molar-refractivity contribution is -0.153. The molecule has 1 atom stereocenters. The highest BCUT2D eigenvalue weighted by molar-refractivity contribution is 7.18. The maximum atomic E-state index is 12.2. The van der Waals surface area contributed by atoms with Crippen LogP contribution in [0, 0.1) is 0 Å². The largest absolute Gasteiger partial charge is 0.497 e. The van der Waals surface area contributed by atoms with Crippen LogP contribution in [0.4, 0.5) is 5.69 Å². The van der Waals surface area contributed by atoms with Gasteiger partial charge in [0.25, 0.3) is 5.91 Å². The van der Waals surface area contributed by atoms with Crippen LogP contribution in [0.15, 0.2) is 48.5 Å². The molecular weight excluding hydrogens is 376 g/mol. The smallest absolute Gasteiger partial charge is 0.306 e. The van der Waals surface area contributed by atoms with Crippen molar-refractivity contribution in [3.63, 3.8) is 0 Å². The van der Waals surface area contributed by atoms with Gasteiger partial charge in [-0.05, 0) is 44.0 Å². The second-order valence-electron chi connectivity index (χ2n) is 6.28. The molecule has 0 saturated heterocycles. The average molecular weight is 398 g/mol. The van der Waals surface area contributed by atoms with Gasteiger partial charge in [0, 0.05) is 18.2 Å². The second kappa shape index (κ2) is 9.32. The van der Waals surface area contributed by atoms with E-state index in [1.165, 1.54) is 0 Å². The van der Waals surface area contributed by atoms with Crippen LogP contribution in [0.2, 0.25) is 0 Å². The fourth-order valence-corrected chi connectivity index (χ4v) is 3.67. The Morgan fingerprint density at radius 2 is 2.00 bits per heavy atom. The zero-order chi connectivity index (χ0) is 19.9. The minimum absolute atomic E-state index is 0.243. The number of hydrogen-bond donors (Lipinski definition) is 1. The van der Waals surface area contributed by atoms with E-state index in [0.29, 0.717) is 24.3 Å². The van der Waals surface area contributed by atoms with Crippen LogP contribution in [0.1, 0.15) is 24.8 Å². The molecule has 0 aliphatic heterocycles. The van der Waals surface area contributed by atoms with Crippen LogP contribution < -0.4 is 10.1 Å². The third kappa shape index (κ3) is 5.29. The highest BCUT2D eigenvalue weighted by Crippen LogP contribution is 2.23. The summed E-state index contributed by atoms with van der Waals surface area (Å²) >= 11 is 1.63. The van der Waals surface area contributed by atoms with Crippen molar-refractivity contribution in [2.75, 3.05) is 12.4 Å². The molecular formula is C21H22N2O4S. The highest BCUT2D eigenvalue weighted by atomic mass is 32.1. The van der Waals surface area contributed by atoms with Gasteiger partial charge < -0.3 is 14.8 Å². The minimum atomic E-state index is -0.874. The summed E-state index contributed by atoms with van der Waals surface area (Å²) in [5.41, 5.74) is 1.57. The molecule has 0 radical (unpaired) electrons. The lowest BCUT2D eigenvalue weighted by Gasteiger charge is -2.14. The number of nitrogens with one attached hydrogen (secondary N) is 1. The van der Waals surface area contributed by atoms with Crippen LogP contribution in [0.3, 0.4) is 0 Å². The first-order valence-corrected chi connectivity index (χ1v) is 9.85. The number of thiazole rings is 1. The molecule has 1 amide bonds. The van der Waals surface area contributed by atoms with Gasteiger partial charge in [-0.15, -0.1) is 11.3 Å². The Balaban J connectivity index is 1.43. The number of aryl methyl sites for hydroxylation is 1. The second-order valence-corrected chi connectivity index (χ2v) is 7.40. The zero-order valence-electron chi connectivity index (χ0n) is 15.8. The molecule has 6 nitrogen and oxygen atoms in total. The lowest BCUT2D eigenvalue weighted by atomic mass is 10.2. The number of fused-ring (bicyclic) bond motifs is 1. The number of hydrogen-bond acceptors (Lipinski definition) is 6. The molecule has 0 saturated carbocycles. The molecule has 7 heteroatoms. The number of esters is 1. The Bertz CT molecular complexity index is 937. The zero-order valence-corrected chi connectivity index (χ0v) is 16.6. The third-order valence-corrected chi connectivity index (χ3v) is 5.22. The van der Waals surface area contributed by atoms with E-state index in [4.69, 9.17) is 9.47 Å². The lowest BCUT2D eigenvalue weighted by Crippen LogP contribution is -2.29. The number of aromatic nitrogens is 1. The van der Waals surface area contributed by atoms with E-state index in [1.54, 1.807) is 49.6 Å². The molecule has 0 aliphatic rings. The summed E-state index contributed by atoms with van der Waals surface area (Å²) in [6.07, 6.45) is 0.704. The van der Waals surface area contributed by atoms with E-state index < -0.39 is 12.1 Å². The molecule has 0 bridgehead atoms. The Morgan fingerprint density at radius 3 is 2.79 bits per heavy atom. The summed E-state index contributed by atoms with van der Waals surface area (Å²) in [5.74, 6) is -0.139. The SMILES string of the molecule is COc1cccc(NC(=O)[C@@H](C)OC(=O)CCCc2nc3ccccc3s2)c1. The summed E-state index contributed by atoms with van der Waals surface area (Å²) in [5, 5.41) is 3.71. The molecule has 0 unspecified atom stereocenters. The number of para-hydroxylation sites is 1. The summed E-state index contributed by atoms with van der Waals surface area (Å²) in [7, 11) is 1.56. The molecule has 3 rings (SSSR count). The van der Waals surface area contributed by atoms with Crippen molar-refractivity contribution >= 4 is 39.1 Å². The van der Waals surface area contributed by atoms with Crippen LogP contribution >= 0.6 is 11.3 Å². The van der Waals surface area contributed by atoms with Crippen LogP contribution in [-0.2, 0) is 20.7 Å². The number of rotatable bonds is 8. The summed E-state index contributed by atoms with van der Waals surface area (Å²) in [6, 6.07) is 15.0. The van der Waals surface area contributed by atoms with Crippen molar-refractivity contribution in [1.29, 1.82) is 0 Å². The number of methoxy groups -OCH3 is 1. The molecule has 0 aliphatic carbocycles. The fourth-order valence-electron chi connectivity index (χ4n) is 2.67. The van der Waals surface area contributed by atoms with Gasteiger partial charge in [0.15, 0.2) is 6.10 Å². The fraction of sp³-hybridized carbons (Fsp3) is 0.286. The van der Waals surface area contributed by atoms with E-state index in [2.05, 4.69) is 10.3 Å². The van der Waals surface area contributed by atoms with E-state index >= 15 is 0 Å². The van der Waals surface area contributed by atoms with Gasteiger partial charge in [-0.2, -0.15) is 0 Å². The standard InChI is InChI=1S/C21H22N2O4S/c1-14(21(25)22-15-7-5-8-16(13-15)26-2)27-20(24)12-6-11-19-23-17-9-3-4-10-18(17)28-19/h3-5,7-10,13-14H,6,11-12H2,1-2H3,(H,22,25)/t14-/m1/s1.